The number of hydrogen-bond donors (Lipinski definition) is 2. The first-order valence-electron chi connectivity index (χ1n) is 5.63. The van der Waals surface area contributed by atoms with Crippen molar-refractivity contribution in [3.8, 4) is 0 Å². The molecule has 104 valence electrons. The van der Waals surface area contributed by atoms with Gasteiger partial charge in [-0.1, -0.05) is 13.0 Å². The molecular weight excluding hydrogens is 256 g/mol. The van der Waals surface area contributed by atoms with Crippen LogP contribution in [0, 0.1) is 23.7 Å². The van der Waals surface area contributed by atoms with E-state index in [2.05, 4.69) is 11.3 Å². The molecule has 1 fully saturated rings. The molecule has 0 spiro atoms. The Morgan fingerprint density at radius 2 is 1.89 bits per heavy atom. The number of hydrogen-bond acceptors (Lipinski definition) is 5. The lowest BCUT2D eigenvalue weighted by Crippen LogP contribution is -2.32. The Balaban J connectivity index is 2.94. The van der Waals surface area contributed by atoms with Gasteiger partial charge in [0.15, 0.2) is 0 Å². The minimum atomic E-state index is -1.35. The van der Waals surface area contributed by atoms with Crippen molar-refractivity contribution in [2.45, 2.75) is 13.3 Å². The third kappa shape index (κ3) is 2.98. The normalized spacial score (nSPS) is 25.5. The summed E-state index contributed by atoms with van der Waals surface area (Å²) in [5.74, 6) is -8.58. The van der Waals surface area contributed by atoms with Gasteiger partial charge in [-0.3, -0.25) is 19.2 Å². The van der Waals surface area contributed by atoms with Crippen molar-refractivity contribution >= 4 is 23.9 Å². The van der Waals surface area contributed by atoms with Gasteiger partial charge in [-0.2, -0.15) is 0 Å². The molecule has 0 aromatic carbocycles. The molecule has 19 heavy (non-hydrogen) atoms. The second kappa shape index (κ2) is 5.64. The highest BCUT2D eigenvalue weighted by molar-refractivity contribution is 5.96. The first kappa shape index (κ1) is 14.9. The predicted octanol–water partition coefficient (Wildman–Crippen LogP) is 0.300. The Kier molecular flexibility index (Phi) is 4.42. The van der Waals surface area contributed by atoms with E-state index in [1.807, 2.05) is 0 Å². The Morgan fingerprint density at radius 3 is 2.21 bits per heavy atom. The molecule has 0 saturated carbocycles. The van der Waals surface area contributed by atoms with Crippen LogP contribution in [0.15, 0.2) is 12.7 Å². The van der Waals surface area contributed by atoms with Gasteiger partial charge in [-0.05, 0) is 6.42 Å². The number of carboxylic acids is 2. The van der Waals surface area contributed by atoms with E-state index in [1.165, 1.54) is 6.92 Å². The van der Waals surface area contributed by atoms with Crippen LogP contribution in [0.25, 0.3) is 0 Å². The smallest absolute Gasteiger partial charge is 0.317 e. The maximum Gasteiger partial charge on any atom is 0.317 e. The highest BCUT2D eigenvalue weighted by Gasteiger charge is 2.45. The number of aliphatic carboxylic acids is 2. The average Bonchev–Trinajstić information content (AvgIpc) is 2.54. The second-order valence-electron chi connectivity index (χ2n) is 4.42. The first-order chi connectivity index (χ1) is 8.79. The maximum absolute atomic E-state index is 11.4. The third-order valence-electron chi connectivity index (χ3n) is 3.28. The van der Waals surface area contributed by atoms with E-state index in [0.717, 1.165) is 6.08 Å². The third-order valence-corrected chi connectivity index (χ3v) is 3.28. The van der Waals surface area contributed by atoms with Crippen LogP contribution in [-0.4, -0.2) is 34.1 Å². The molecule has 1 aliphatic heterocycles. The van der Waals surface area contributed by atoms with Gasteiger partial charge in [0, 0.05) is 0 Å². The van der Waals surface area contributed by atoms with Crippen LogP contribution in [0.5, 0.6) is 0 Å². The Labute approximate surface area is 108 Å². The van der Waals surface area contributed by atoms with Gasteiger partial charge in [0.1, 0.15) is 0 Å². The van der Waals surface area contributed by atoms with Gasteiger partial charge in [-0.15, -0.1) is 6.58 Å². The molecule has 1 saturated heterocycles. The summed E-state index contributed by atoms with van der Waals surface area (Å²) in [5.41, 5.74) is 0. The fourth-order valence-corrected chi connectivity index (χ4v) is 2.05. The van der Waals surface area contributed by atoms with Gasteiger partial charge < -0.3 is 14.9 Å². The summed E-state index contributed by atoms with van der Waals surface area (Å²) < 4.78 is 4.40. The van der Waals surface area contributed by atoms with Crippen LogP contribution in [0.2, 0.25) is 0 Å². The topological polar surface area (TPSA) is 118 Å². The van der Waals surface area contributed by atoms with E-state index in [0.29, 0.717) is 0 Å². The largest absolute Gasteiger partial charge is 0.481 e. The summed E-state index contributed by atoms with van der Waals surface area (Å²) in [5, 5.41) is 18.0. The number of ether oxygens (including phenoxy) is 1. The number of esters is 2. The van der Waals surface area contributed by atoms with Crippen molar-refractivity contribution < 1.29 is 34.1 Å². The molecule has 1 rings (SSSR count). The van der Waals surface area contributed by atoms with Crippen molar-refractivity contribution in [3.63, 3.8) is 0 Å². The lowest BCUT2D eigenvalue weighted by Gasteiger charge is -2.20. The molecule has 0 aromatic rings. The first-order valence-corrected chi connectivity index (χ1v) is 5.63. The van der Waals surface area contributed by atoms with Crippen molar-refractivity contribution in [1.29, 1.82) is 0 Å². The number of rotatable bonds is 6. The summed E-state index contributed by atoms with van der Waals surface area (Å²) in [6.07, 6.45) is 0.734. The van der Waals surface area contributed by atoms with Crippen LogP contribution in [-0.2, 0) is 23.9 Å². The highest BCUT2D eigenvalue weighted by Crippen LogP contribution is 2.32. The van der Waals surface area contributed by atoms with E-state index >= 15 is 0 Å². The van der Waals surface area contributed by atoms with Gasteiger partial charge in [-0.25, -0.2) is 0 Å². The van der Waals surface area contributed by atoms with Crippen molar-refractivity contribution in [3.05, 3.63) is 12.7 Å². The standard InChI is InChI=1S/C12H14O7/c1-3-6(9(13)14)8(10(15)16)4-7-5(2)11(17)19-12(7)18/h3,5-8H,1,4H2,2H3,(H,13,14)(H,15,16). The van der Waals surface area contributed by atoms with Crippen LogP contribution in [0.3, 0.4) is 0 Å². The molecule has 0 aliphatic carbocycles. The Hall–Kier alpha value is -2.18. The zero-order chi connectivity index (χ0) is 14.7. The van der Waals surface area contributed by atoms with E-state index in [-0.39, 0.29) is 6.42 Å². The fraction of sp³-hybridized carbons (Fsp3) is 0.500. The average molecular weight is 270 g/mol. The van der Waals surface area contributed by atoms with Gasteiger partial charge in [0.25, 0.3) is 0 Å². The number of carboxylic acid groups (broad SMARTS) is 2. The fourth-order valence-electron chi connectivity index (χ4n) is 2.05. The number of carbonyl (C=O) groups excluding carboxylic acids is 2. The highest BCUT2D eigenvalue weighted by atomic mass is 16.6. The molecular formula is C12H14O7. The SMILES string of the molecule is C=CC(C(=O)O)C(CC1C(=O)OC(=O)C1C)C(=O)O. The van der Waals surface area contributed by atoms with E-state index in [1.54, 1.807) is 0 Å². The summed E-state index contributed by atoms with van der Waals surface area (Å²) in [6.45, 7) is 4.73. The lowest BCUT2D eigenvalue weighted by molar-refractivity contribution is -0.155. The molecule has 7 nitrogen and oxygen atoms in total. The van der Waals surface area contributed by atoms with Gasteiger partial charge in [0.05, 0.1) is 23.7 Å². The zero-order valence-corrected chi connectivity index (χ0v) is 10.2. The van der Waals surface area contributed by atoms with Crippen LogP contribution in [0.4, 0.5) is 0 Å². The summed E-state index contributed by atoms with van der Waals surface area (Å²) in [4.78, 5) is 44.7. The minimum Gasteiger partial charge on any atom is -0.481 e. The lowest BCUT2D eigenvalue weighted by atomic mass is 9.80. The Morgan fingerprint density at radius 1 is 1.32 bits per heavy atom. The van der Waals surface area contributed by atoms with E-state index < -0.39 is 47.5 Å². The molecule has 7 heteroatoms. The summed E-state index contributed by atoms with van der Waals surface area (Å²) in [6, 6.07) is 0. The van der Waals surface area contributed by atoms with E-state index in [4.69, 9.17) is 10.2 Å². The van der Waals surface area contributed by atoms with Crippen LogP contribution < -0.4 is 0 Å². The van der Waals surface area contributed by atoms with Crippen LogP contribution >= 0.6 is 0 Å². The molecule has 0 radical (unpaired) electrons. The molecule has 0 amide bonds. The maximum atomic E-state index is 11.4. The van der Waals surface area contributed by atoms with Gasteiger partial charge >= 0.3 is 23.9 Å². The zero-order valence-electron chi connectivity index (χ0n) is 10.2. The Bertz CT molecular complexity index is 439. The predicted molar refractivity (Wildman–Crippen MR) is 60.8 cm³/mol. The van der Waals surface area contributed by atoms with Crippen LogP contribution in [0.1, 0.15) is 13.3 Å². The van der Waals surface area contributed by atoms with E-state index in [9.17, 15) is 19.2 Å². The molecule has 0 bridgehead atoms. The molecule has 0 aromatic heterocycles. The molecule has 1 aliphatic rings. The molecule has 4 atom stereocenters. The van der Waals surface area contributed by atoms with Crippen molar-refractivity contribution in [1.82, 2.24) is 0 Å². The second-order valence-corrected chi connectivity index (χ2v) is 4.42. The van der Waals surface area contributed by atoms with Crippen molar-refractivity contribution in [2.75, 3.05) is 0 Å². The molecule has 4 unspecified atom stereocenters. The number of cyclic esters (lactones) is 2. The minimum absolute atomic E-state index is 0.274. The van der Waals surface area contributed by atoms with Gasteiger partial charge in [0.2, 0.25) is 0 Å². The molecule has 2 N–H and O–H groups in total. The monoisotopic (exact) mass is 270 g/mol. The summed E-state index contributed by atoms with van der Waals surface area (Å²) >= 11 is 0. The summed E-state index contributed by atoms with van der Waals surface area (Å²) in [7, 11) is 0. The quantitative estimate of drug-likeness (QED) is 0.405. The molecule has 1 heterocycles. The number of carbonyl (C=O) groups is 4. The van der Waals surface area contributed by atoms with Crippen molar-refractivity contribution in [2.24, 2.45) is 23.7 Å².